The van der Waals surface area contributed by atoms with Crippen LogP contribution in [0.3, 0.4) is 0 Å². The van der Waals surface area contributed by atoms with Crippen LogP contribution >= 0.6 is 0 Å². The summed E-state index contributed by atoms with van der Waals surface area (Å²) < 4.78 is 6.36. The van der Waals surface area contributed by atoms with Gasteiger partial charge in [0.05, 0.1) is 13.7 Å². The minimum absolute atomic E-state index is 0.0967. The third kappa shape index (κ3) is 3.93. The maximum atomic E-state index is 10.7. The second-order valence-corrected chi connectivity index (χ2v) is 4.40. The summed E-state index contributed by atoms with van der Waals surface area (Å²) in [7, 11) is 1.59. The van der Waals surface area contributed by atoms with Gasteiger partial charge >= 0.3 is 5.95 Å². The lowest BCUT2D eigenvalue weighted by Crippen LogP contribution is -2.25. The fourth-order valence-corrected chi connectivity index (χ4v) is 1.85. The molecule has 0 radical (unpaired) electrons. The Morgan fingerprint density at radius 1 is 1.48 bits per heavy atom. The van der Waals surface area contributed by atoms with Crippen LogP contribution in [0, 0.1) is 10.1 Å². The summed E-state index contributed by atoms with van der Waals surface area (Å²) in [6, 6.07) is 7.25. The van der Waals surface area contributed by atoms with Gasteiger partial charge in [-0.25, -0.2) is 4.57 Å². The number of hydrogen-bond donors (Lipinski definition) is 2. The molecular formula is C13H16N4O4. The SMILES string of the molecule is COc1ccc(NCC(O)Cn2ccnc2[N+](=O)[O-])cc1. The summed E-state index contributed by atoms with van der Waals surface area (Å²) in [6.07, 6.45) is 2.02. The number of aromatic nitrogens is 2. The Morgan fingerprint density at radius 3 is 2.81 bits per heavy atom. The molecule has 0 spiro atoms. The molecule has 0 bridgehead atoms. The molecule has 0 amide bonds. The minimum atomic E-state index is -0.778. The van der Waals surface area contributed by atoms with E-state index in [1.807, 2.05) is 12.1 Å². The molecule has 1 aromatic carbocycles. The Kier molecular flexibility index (Phi) is 4.72. The van der Waals surface area contributed by atoms with Crippen LogP contribution in [-0.2, 0) is 6.54 Å². The number of aliphatic hydroxyl groups is 1. The number of nitrogens with one attached hydrogen (secondary N) is 1. The van der Waals surface area contributed by atoms with Crippen LogP contribution in [0.1, 0.15) is 0 Å². The van der Waals surface area contributed by atoms with Crippen molar-refractivity contribution < 1.29 is 14.8 Å². The number of benzene rings is 1. The van der Waals surface area contributed by atoms with Crippen LogP contribution in [0.4, 0.5) is 11.6 Å². The molecule has 0 saturated heterocycles. The van der Waals surface area contributed by atoms with Crippen LogP contribution in [0.2, 0.25) is 0 Å². The lowest BCUT2D eigenvalue weighted by molar-refractivity contribution is -0.397. The van der Waals surface area contributed by atoms with Gasteiger partial charge in [0.2, 0.25) is 0 Å². The van der Waals surface area contributed by atoms with Gasteiger partial charge in [0.15, 0.2) is 0 Å². The number of nitrogens with zero attached hydrogens (tertiary/aromatic N) is 3. The molecule has 0 saturated carbocycles. The van der Waals surface area contributed by atoms with Crippen molar-refractivity contribution in [3.63, 3.8) is 0 Å². The molecule has 1 heterocycles. The highest BCUT2D eigenvalue weighted by atomic mass is 16.6. The molecule has 1 unspecified atom stereocenters. The lowest BCUT2D eigenvalue weighted by Gasteiger charge is -2.12. The van der Waals surface area contributed by atoms with Gasteiger partial charge in [-0.1, -0.05) is 4.98 Å². The summed E-state index contributed by atoms with van der Waals surface area (Å²) >= 11 is 0. The molecule has 2 N–H and O–H groups in total. The number of nitro groups is 1. The zero-order valence-corrected chi connectivity index (χ0v) is 11.5. The molecule has 0 aliphatic rings. The first-order chi connectivity index (χ1) is 10.1. The van der Waals surface area contributed by atoms with Gasteiger partial charge in [0, 0.05) is 12.2 Å². The highest BCUT2D eigenvalue weighted by molar-refractivity contribution is 5.46. The third-order valence-corrected chi connectivity index (χ3v) is 2.90. The molecule has 8 heteroatoms. The summed E-state index contributed by atoms with van der Waals surface area (Å²) in [5.41, 5.74) is 0.829. The Labute approximate surface area is 121 Å². The largest absolute Gasteiger partial charge is 0.497 e. The number of anilines is 1. The standard InChI is InChI=1S/C13H16N4O4/c1-21-12-4-2-10(3-5-12)15-8-11(18)9-16-7-6-14-13(16)17(19)20/h2-7,11,15,18H,8-9H2,1H3. The first kappa shape index (κ1) is 14.8. The predicted molar refractivity (Wildman–Crippen MR) is 76.4 cm³/mol. The fourth-order valence-electron chi connectivity index (χ4n) is 1.85. The van der Waals surface area contributed by atoms with Gasteiger partial charge in [-0.15, -0.1) is 0 Å². The molecule has 21 heavy (non-hydrogen) atoms. The van der Waals surface area contributed by atoms with Crippen molar-refractivity contribution in [1.82, 2.24) is 9.55 Å². The summed E-state index contributed by atoms with van der Waals surface area (Å²) in [5.74, 6) is 0.466. The van der Waals surface area contributed by atoms with Gasteiger partial charge in [0.25, 0.3) is 0 Å². The molecule has 0 aliphatic heterocycles. The first-order valence-electron chi connectivity index (χ1n) is 6.31. The van der Waals surface area contributed by atoms with E-state index in [4.69, 9.17) is 4.74 Å². The fraction of sp³-hybridized carbons (Fsp3) is 0.308. The van der Waals surface area contributed by atoms with Gasteiger partial charge in [-0.2, -0.15) is 0 Å². The van der Waals surface area contributed by atoms with Crippen molar-refractivity contribution in [1.29, 1.82) is 0 Å². The first-order valence-corrected chi connectivity index (χ1v) is 6.31. The summed E-state index contributed by atoms with van der Waals surface area (Å²) in [5, 5.41) is 23.7. The van der Waals surface area contributed by atoms with Crippen LogP contribution in [0.25, 0.3) is 0 Å². The molecule has 1 atom stereocenters. The minimum Gasteiger partial charge on any atom is -0.497 e. The summed E-state index contributed by atoms with van der Waals surface area (Å²) in [6.45, 7) is 0.362. The lowest BCUT2D eigenvalue weighted by atomic mass is 10.3. The van der Waals surface area contributed by atoms with E-state index in [-0.39, 0.29) is 19.0 Å². The number of imidazole rings is 1. The number of aliphatic hydroxyl groups excluding tert-OH is 1. The zero-order chi connectivity index (χ0) is 15.2. The van der Waals surface area contributed by atoms with Crippen molar-refractivity contribution in [3.8, 4) is 5.75 Å². The second-order valence-electron chi connectivity index (χ2n) is 4.40. The smallest absolute Gasteiger partial charge is 0.434 e. The third-order valence-electron chi connectivity index (χ3n) is 2.90. The van der Waals surface area contributed by atoms with Gasteiger partial charge in [0.1, 0.15) is 24.2 Å². The van der Waals surface area contributed by atoms with Crippen molar-refractivity contribution in [2.24, 2.45) is 0 Å². The van der Waals surface area contributed by atoms with E-state index in [1.54, 1.807) is 19.2 Å². The molecule has 112 valence electrons. The average molecular weight is 292 g/mol. The highest BCUT2D eigenvalue weighted by Gasteiger charge is 2.17. The number of methoxy groups -OCH3 is 1. The molecular weight excluding hydrogens is 276 g/mol. The molecule has 2 aromatic rings. The topological polar surface area (TPSA) is 102 Å². The van der Waals surface area contributed by atoms with E-state index in [0.29, 0.717) is 0 Å². The van der Waals surface area contributed by atoms with Gasteiger partial charge < -0.3 is 25.3 Å². The number of rotatable bonds is 7. The normalized spacial score (nSPS) is 11.9. The van der Waals surface area contributed by atoms with E-state index < -0.39 is 11.0 Å². The molecule has 0 fully saturated rings. The van der Waals surface area contributed by atoms with Crippen molar-refractivity contribution >= 4 is 11.6 Å². The van der Waals surface area contributed by atoms with Crippen LogP contribution < -0.4 is 10.1 Å². The Hall–Kier alpha value is -2.61. The molecule has 8 nitrogen and oxygen atoms in total. The van der Waals surface area contributed by atoms with Gasteiger partial charge in [-0.3, -0.25) is 0 Å². The maximum Gasteiger partial charge on any atom is 0.434 e. The van der Waals surface area contributed by atoms with E-state index >= 15 is 0 Å². The zero-order valence-electron chi connectivity index (χ0n) is 11.5. The molecule has 2 rings (SSSR count). The van der Waals surface area contributed by atoms with E-state index in [9.17, 15) is 15.2 Å². The number of ether oxygens (including phenoxy) is 1. The van der Waals surface area contributed by atoms with Crippen molar-refractivity contribution in [2.45, 2.75) is 12.6 Å². The summed E-state index contributed by atoms with van der Waals surface area (Å²) in [4.78, 5) is 13.8. The highest BCUT2D eigenvalue weighted by Crippen LogP contribution is 2.15. The second kappa shape index (κ2) is 6.71. The van der Waals surface area contributed by atoms with E-state index in [1.165, 1.54) is 17.0 Å². The maximum absolute atomic E-state index is 10.7. The Bertz CT molecular complexity index is 596. The van der Waals surface area contributed by atoms with E-state index in [0.717, 1.165) is 11.4 Å². The van der Waals surface area contributed by atoms with Crippen molar-refractivity contribution in [3.05, 3.63) is 46.8 Å². The quantitative estimate of drug-likeness (QED) is 0.588. The predicted octanol–water partition coefficient (Wildman–Crippen LogP) is 1.27. The van der Waals surface area contributed by atoms with Crippen LogP contribution in [-0.4, -0.2) is 39.3 Å². The monoisotopic (exact) mass is 292 g/mol. The van der Waals surface area contributed by atoms with Crippen LogP contribution in [0.5, 0.6) is 5.75 Å². The van der Waals surface area contributed by atoms with E-state index in [2.05, 4.69) is 10.3 Å². The van der Waals surface area contributed by atoms with Crippen LogP contribution in [0.15, 0.2) is 36.7 Å². The molecule has 1 aromatic heterocycles. The number of hydrogen-bond acceptors (Lipinski definition) is 6. The van der Waals surface area contributed by atoms with Crippen molar-refractivity contribution in [2.75, 3.05) is 19.0 Å². The average Bonchev–Trinajstić information content (AvgIpc) is 2.94. The Balaban J connectivity index is 1.88. The Morgan fingerprint density at radius 2 is 2.19 bits per heavy atom. The molecule has 0 aliphatic carbocycles. The van der Waals surface area contributed by atoms with Gasteiger partial charge in [-0.05, 0) is 29.2 Å².